The highest BCUT2D eigenvalue weighted by Crippen LogP contribution is 2.08. The monoisotopic (exact) mass is 305 g/mol. The Labute approximate surface area is 135 Å². The molecule has 1 aliphatic heterocycles. The predicted molar refractivity (Wildman–Crippen MR) is 91.5 cm³/mol. The van der Waals surface area contributed by atoms with Gasteiger partial charge in [0.05, 0.1) is 13.2 Å². The van der Waals surface area contributed by atoms with E-state index < -0.39 is 0 Å². The van der Waals surface area contributed by atoms with Crippen LogP contribution in [-0.4, -0.2) is 51.0 Å². The van der Waals surface area contributed by atoms with Crippen molar-refractivity contribution in [2.24, 2.45) is 0 Å². The SMILES string of the molecule is CCc1cccc(CCCOCCCCN2CCOCC2)c1. The molecule has 3 nitrogen and oxygen atoms in total. The second-order valence-electron chi connectivity index (χ2n) is 6.05. The molecule has 1 aromatic rings. The van der Waals surface area contributed by atoms with Gasteiger partial charge in [0.15, 0.2) is 0 Å². The van der Waals surface area contributed by atoms with Gasteiger partial charge in [-0.05, 0) is 49.8 Å². The van der Waals surface area contributed by atoms with E-state index in [2.05, 4.69) is 36.1 Å². The zero-order valence-corrected chi connectivity index (χ0v) is 14.1. The molecule has 0 spiro atoms. The van der Waals surface area contributed by atoms with E-state index in [4.69, 9.17) is 9.47 Å². The number of hydrogen-bond acceptors (Lipinski definition) is 3. The molecule has 124 valence electrons. The van der Waals surface area contributed by atoms with Crippen LogP contribution in [0.3, 0.4) is 0 Å². The van der Waals surface area contributed by atoms with Gasteiger partial charge in [-0.3, -0.25) is 4.90 Å². The van der Waals surface area contributed by atoms with Crippen molar-refractivity contribution < 1.29 is 9.47 Å². The zero-order valence-electron chi connectivity index (χ0n) is 14.1. The maximum absolute atomic E-state index is 5.76. The topological polar surface area (TPSA) is 21.7 Å². The average Bonchev–Trinajstić information content (AvgIpc) is 2.58. The zero-order chi connectivity index (χ0) is 15.5. The first-order valence-electron chi connectivity index (χ1n) is 8.84. The number of rotatable bonds is 10. The molecule has 1 heterocycles. The Morgan fingerprint density at radius 1 is 1.05 bits per heavy atom. The average molecular weight is 305 g/mol. The fraction of sp³-hybridized carbons (Fsp3) is 0.684. The third-order valence-corrected chi connectivity index (χ3v) is 4.27. The number of aryl methyl sites for hydroxylation is 2. The van der Waals surface area contributed by atoms with Gasteiger partial charge in [0.1, 0.15) is 0 Å². The summed E-state index contributed by atoms with van der Waals surface area (Å²) in [6.45, 7) is 9.17. The van der Waals surface area contributed by atoms with Crippen LogP contribution in [-0.2, 0) is 22.3 Å². The third kappa shape index (κ3) is 6.91. The summed E-state index contributed by atoms with van der Waals surface area (Å²) in [5.41, 5.74) is 2.87. The minimum atomic E-state index is 0.883. The Hall–Kier alpha value is -0.900. The highest BCUT2D eigenvalue weighted by Gasteiger charge is 2.08. The molecule has 0 radical (unpaired) electrons. The van der Waals surface area contributed by atoms with Crippen molar-refractivity contribution in [3.05, 3.63) is 35.4 Å². The highest BCUT2D eigenvalue weighted by molar-refractivity contribution is 5.23. The Morgan fingerprint density at radius 3 is 2.64 bits per heavy atom. The quantitative estimate of drug-likeness (QED) is 0.619. The van der Waals surface area contributed by atoms with Gasteiger partial charge in [0.25, 0.3) is 0 Å². The van der Waals surface area contributed by atoms with Gasteiger partial charge >= 0.3 is 0 Å². The van der Waals surface area contributed by atoms with Crippen molar-refractivity contribution in [1.29, 1.82) is 0 Å². The molecular weight excluding hydrogens is 274 g/mol. The number of unbranched alkanes of at least 4 members (excludes halogenated alkanes) is 1. The molecule has 0 aliphatic carbocycles. The van der Waals surface area contributed by atoms with E-state index in [1.165, 1.54) is 30.5 Å². The van der Waals surface area contributed by atoms with E-state index in [0.717, 1.165) is 58.8 Å². The summed E-state index contributed by atoms with van der Waals surface area (Å²) in [7, 11) is 0. The smallest absolute Gasteiger partial charge is 0.0594 e. The fourth-order valence-corrected chi connectivity index (χ4v) is 2.85. The number of ether oxygens (including phenoxy) is 2. The van der Waals surface area contributed by atoms with Gasteiger partial charge < -0.3 is 9.47 Å². The molecular formula is C19H31NO2. The van der Waals surface area contributed by atoms with Gasteiger partial charge in [-0.2, -0.15) is 0 Å². The van der Waals surface area contributed by atoms with Crippen molar-refractivity contribution in [1.82, 2.24) is 4.90 Å². The van der Waals surface area contributed by atoms with E-state index in [9.17, 15) is 0 Å². The predicted octanol–water partition coefficient (Wildman–Crippen LogP) is 3.31. The molecule has 0 atom stereocenters. The van der Waals surface area contributed by atoms with Crippen molar-refractivity contribution in [2.75, 3.05) is 46.1 Å². The lowest BCUT2D eigenvalue weighted by molar-refractivity contribution is 0.0357. The van der Waals surface area contributed by atoms with Gasteiger partial charge in [-0.15, -0.1) is 0 Å². The Bertz CT molecular complexity index is 402. The molecule has 0 unspecified atom stereocenters. The molecule has 1 aromatic carbocycles. The van der Waals surface area contributed by atoms with Crippen LogP contribution >= 0.6 is 0 Å². The first kappa shape index (κ1) is 17.5. The first-order chi connectivity index (χ1) is 10.9. The van der Waals surface area contributed by atoms with Crippen molar-refractivity contribution in [3.8, 4) is 0 Å². The normalized spacial score (nSPS) is 16.0. The van der Waals surface area contributed by atoms with Crippen LogP contribution in [0.4, 0.5) is 0 Å². The highest BCUT2D eigenvalue weighted by atomic mass is 16.5. The molecule has 22 heavy (non-hydrogen) atoms. The van der Waals surface area contributed by atoms with Gasteiger partial charge in [-0.25, -0.2) is 0 Å². The van der Waals surface area contributed by atoms with Crippen LogP contribution in [0.5, 0.6) is 0 Å². The van der Waals surface area contributed by atoms with Crippen LogP contribution in [0.2, 0.25) is 0 Å². The number of hydrogen-bond donors (Lipinski definition) is 0. The third-order valence-electron chi connectivity index (χ3n) is 4.27. The molecule has 1 aliphatic rings. The Morgan fingerprint density at radius 2 is 1.82 bits per heavy atom. The minimum absolute atomic E-state index is 0.883. The number of benzene rings is 1. The molecule has 2 rings (SSSR count). The van der Waals surface area contributed by atoms with Gasteiger partial charge in [-0.1, -0.05) is 31.2 Å². The van der Waals surface area contributed by atoms with E-state index >= 15 is 0 Å². The minimum Gasteiger partial charge on any atom is -0.381 e. The van der Waals surface area contributed by atoms with Crippen LogP contribution in [0.15, 0.2) is 24.3 Å². The Balaban J connectivity index is 1.44. The van der Waals surface area contributed by atoms with Crippen LogP contribution in [0.25, 0.3) is 0 Å². The van der Waals surface area contributed by atoms with E-state index in [1.54, 1.807) is 0 Å². The van der Waals surface area contributed by atoms with E-state index in [1.807, 2.05) is 0 Å². The van der Waals surface area contributed by atoms with E-state index in [-0.39, 0.29) is 0 Å². The molecule has 3 heteroatoms. The molecule has 0 saturated carbocycles. The maximum atomic E-state index is 5.76. The standard InChI is InChI=1S/C19H31NO2/c1-2-18-7-5-8-19(17-18)9-6-14-21-13-4-3-10-20-11-15-22-16-12-20/h5,7-8,17H,2-4,6,9-16H2,1H3. The molecule has 0 N–H and O–H groups in total. The lowest BCUT2D eigenvalue weighted by atomic mass is 10.1. The summed E-state index contributed by atoms with van der Waals surface area (Å²) in [4.78, 5) is 2.49. The summed E-state index contributed by atoms with van der Waals surface area (Å²) in [5.74, 6) is 0. The van der Waals surface area contributed by atoms with Gasteiger partial charge in [0.2, 0.25) is 0 Å². The van der Waals surface area contributed by atoms with Crippen LogP contribution in [0, 0.1) is 0 Å². The lowest BCUT2D eigenvalue weighted by Gasteiger charge is -2.26. The van der Waals surface area contributed by atoms with Crippen molar-refractivity contribution in [3.63, 3.8) is 0 Å². The second kappa shape index (κ2) is 10.8. The molecule has 0 aromatic heterocycles. The first-order valence-corrected chi connectivity index (χ1v) is 8.84. The molecule has 1 fully saturated rings. The molecule has 1 saturated heterocycles. The Kier molecular flexibility index (Phi) is 8.54. The van der Waals surface area contributed by atoms with Crippen molar-refractivity contribution in [2.45, 2.75) is 39.0 Å². The number of nitrogens with zero attached hydrogens (tertiary/aromatic N) is 1. The lowest BCUT2D eigenvalue weighted by Crippen LogP contribution is -2.36. The maximum Gasteiger partial charge on any atom is 0.0594 e. The van der Waals surface area contributed by atoms with Crippen molar-refractivity contribution >= 4 is 0 Å². The summed E-state index contributed by atoms with van der Waals surface area (Å²) in [6.07, 6.45) is 5.77. The summed E-state index contributed by atoms with van der Waals surface area (Å²) >= 11 is 0. The summed E-state index contributed by atoms with van der Waals surface area (Å²) < 4.78 is 11.1. The van der Waals surface area contributed by atoms with E-state index in [0.29, 0.717) is 0 Å². The second-order valence-corrected chi connectivity index (χ2v) is 6.05. The summed E-state index contributed by atoms with van der Waals surface area (Å²) in [5, 5.41) is 0. The largest absolute Gasteiger partial charge is 0.381 e. The van der Waals surface area contributed by atoms with Crippen LogP contribution in [0.1, 0.15) is 37.3 Å². The summed E-state index contributed by atoms with van der Waals surface area (Å²) in [6, 6.07) is 8.92. The molecule has 0 bridgehead atoms. The fourth-order valence-electron chi connectivity index (χ4n) is 2.85. The van der Waals surface area contributed by atoms with Crippen LogP contribution < -0.4 is 0 Å². The molecule has 0 amide bonds. The van der Waals surface area contributed by atoms with Gasteiger partial charge in [0, 0.05) is 26.3 Å². The number of morpholine rings is 1.